The van der Waals surface area contributed by atoms with Gasteiger partial charge in [0.25, 0.3) is 0 Å². The van der Waals surface area contributed by atoms with E-state index in [0.29, 0.717) is 11.9 Å². The van der Waals surface area contributed by atoms with Crippen LogP contribution in [-0.4, -0.2) is 14.5 Å². The van der Waals surface area contributed by atoms with Crippen molar-refractivity contribution >= 4 is 10.9 Å². The van der Waals surface area contributed by atoms with Crippen molar-refractivity contribution in [1.29, 1.82) is 0 Å². The Kier molecular flexibility index (Phi) is 3.54. The summed E-state index contributed by atoms with van der Waals surface area (Å²) in [5.74, 6) is -1.80. The molecule has 5 heteroatoms. The van der Waals surface area contributed by atoms with Gasteiger partial charge in [0.15, 0.2) is 11.6 Å². The first-order chi connectivity index (χ1) is 11.7. The second-order valence-electron chi connectivity index (χ2n) is 5.52. The van der Waals surface area contributed by atoms with E-state index in [4.69, 9.17) is 0 Å². The Morgan fingerprint density at radius 2 is 1.75 bits per heavy atom. The van der Waals surface area contributed by atoms with Gasteiger partial charge in [-0.1, -0.05) is 30.3 Å². The molecule has 0 unspecified atom stereocenters. The van der Waals surface area contributed by atoms with Crippen LogP contribution in [0.1, 0.15) is 5.56 Å². The van der Waals surface area contributed by atoms with Crippen LogP contribution in [0.5, 0.6) is 0 Å². The van der Waals surface area contributed by atoms with Gasteiger partial charge in [0, 0.05) is 29.9 Å². The number of rotatable bonds is 3. The van der Waals surface area contributed by atoms with Crippen LogP contribution in [0.25, 0.3) is 22.2 Å². The molecular formula is C19H13F2N3. The third-order valence-electron chi connectivity index (χ3n) is 3.95. The average molecular weight is 321 g/mol. The van der Waals surface area contributed by atoms with Crippen LogP contribution < -0.4 is 0 Å². The maximum atomic E-state index is 13.9. The SMILES string of the molecule is Fc1ccc2c(Cn3cnc(-c4ccccc4)c3)ccnc2c1F. The fourth-order valence-corrected chi connectivity index (χ4v) is 2.76. The molecule has 0 fully saturated rings. The zero-order valence-corrected chi connectivity index (χ0v) is 12.7. The number of imidazole rings is 1. The van der Waals surface area contributed by atoms with Crippen LogP contribution in [0.3, 0.4) is 0 Å². The molecule has 0 radical (unpaired) electrons. The van der Waals surface area contributed by atoms with E-state index in [2.05, 4.69) is 9.97 Å². The summed E-state index contributed by atoms with van der Waals surface area (Å²) in [6, 6.07) is 14.4. The first kappa shape index (κ1) is 14.5. The lowest BCUT2D eigenvalue weighted by Gasteiger charge is -2.07. The monoisotopic (exact) mass is 321 g/mol. The smallest absolute Gasteiger partial charge is 0.184 e. The second kappa shape index (κ2) is 5.85. The van der Waals surface area contributed by atoms with Crippen LogP contribution >= 0.6 is 0 Å². The van der Waals surface area contributed by atoms with Gasteiger partial charge in [0.05, 0.1) is 12.0 Å². The van der Waals surface area contributed by atoms with Gasteiger partial charge in [-0.05, 0) is 23.8 Å². The third kappa shape index (κ3) is 2.54. The zero-order chi connectivity index (χ0) is 16.5. The quantitative estimate of drug-likeness (QED) is 0.559. The third-order valence-corrected chi connectivity index (χ3v) is 3.95. The maximum absolute atomic E-state index is 13.9. The Hall–Kier alpha value is -3.08. The van der Waals surface area contributed by atoms with E-state index in [-0.39, 0.29) is 5.52 Å². The molecule has 0 aliphatic rings. The highest BCUT2D eigenvalue weighted by Crippen LogP contribution is 2.23. The molecule has 0 N–H and O–H groups in total. The van der Waals surface area contributed by atoms with Crippen molar-refractivity contribution in [2.75, 3.05) is 0 Å². The minimum atomic E-state index is -0.912. The highest BCUT2D eigenvalue weighted by molar-refractivity contribution is 5.82. The predicted octanol–water partition coefficient (Wildman–Crippen LogP) is 4.42. The van der Waals surface area contributed by atoms with Gasteiger partial charge in [-0.3, -0.25) is 4.98 Å². The normalized spacial score (nSPS) is 11.1. The van der Waals surface area contributed by atoms with Crippen molar-refractivity contribution in [2.45, 2.75) is 6.54 Å². The molecule has 0 saturated heterocycles. The molecule has 2 heterocycles. The molecule has 118 valence electrons. The Balaban J connectivity index is 1.71. The van der Waals surface area contributed by atoms with Crippen molar-refractivity contribution in [3.63, 3.8) is 0 Å². The lowest BCUT2D eigenvalue weighted by molar-refractivity contribution is 0.515. The molecule has 0 atom stereocenters. The van der Waals surface area contributed by atoms with Crippen molar-refractivity contribution in [3.05, 3.63) is 84.4 Å². The zero-order valence-electron chi connectivity index (χ0n) is 12.7. The number of aromatic nitrogens is 3. The number of pyridine rings is 1. The molecule has 0 aliphatic heterocycles. The molecule has 2 aromatic carbocycles. The highest BCUT2D eigenvalue weighted by Gasteiger charge is 2.11. The Labute approximate surface area is 137 Å². The summed E-state index contributed by atoms with van der Waals surface area (Å²) in [5.41, 5.74) is 2.81. The van der Waals surface area contributed by atoms with Crippen molar-refractivity contribution < 1.29 is 8.78 Å². The van der Waals surface area contributed by atoms with Gasteiger partial charge in [-0.15, -0.1) is 0 Å². The van der Waals surface area contributed by atoms with Crippen LogP contribution in [-0.2, 0) is 6.54 Å². The van der Waals surface area contributed by atoms with Crippen molar-refractivity contribution in [1.82, 2.24) is 14.5 Å². The number of fused-ring (bicyclic) bond motifs is 1. The van der Waals surface area contributed by atoms with Crippen LogP contribution in [0.4, 0.5) is 8.78 Å². The number of halogens is 2. The van der Waals surface area contributed by atoms with Crippen LogP contribution in [0.15, 0.2) is 67.3 Å². The minimum Gasteiger partial charge on any atom is -0.332 e. The summed E-state index contributed by atoms with van der Waals surface area (Å²) in [6.07, 6.45) is 5.16. The summed E-state index contributed by atoms with van der Waals surface area (Å²) >= 11 is 0. The molecule has 0 aliphatic carbocycles. The lowest BCUT2D eigenvalue weighted by Crippen LogP contribution is -1.99. The van der Waals surface area contributed by atoms with E-state index in [1.807, 2.05) is 47.2 Å². The molecule has 0 spiro atoms. The van der Waals surface area contributed by atoms with Crippen LogP contribution in [0, 0.1) is 11.6 Å². The molecule has 4 aromatic rings. The Bertz CT molecular complexity index is 1010. The molecule has 3 nitrogen and oxygen atoms in total. The molecule has 0 amide bonds. The predicted molar refractivity (Wildman–Crippen MR) is 88.4 cm³/mol. The van der Waals surface area contributed by atoms with Crippen molar-refractivity contribution in [3.8, 4) is 11.3 Å². The van der Waals surface area contributed by atoms with Gasteiger partial charge in [-0.2, -0.15) is 0 Å². The summed E-state index contributed by atoms with van der Waals surface area (Å²) in [7, 11) is 0. The summed E-state index contributed by atoms with van der Waals surface area (Å²) in [4.78, 5) is 8.36. The average Bonchev–Trinajstić information content (AvgIpc) is 3.08. The number of hydrogen-bond donors (Lipinski definition) is 0. The van der Waals surface area contributed by atoms with Gasteiger partial charge >= 0.3 is 0 Å². The largest absolute Gasteiger partial charge is 0.332 e. The van der Waals surface area contributed by atoms with Gasteiger partial charge < -0.3 is 4.57 Å². The van der Waals surface area contributed by atoms with Gasteiger partial charge in [0.2, 0.25) is 0 Å². The molecule has 24 heavy (non-hydrogen) atoms. The number of hydrogen-bond acceptors (Lipinski definition) is 2. The van der Waals surface area contributed by atoms with E-state index in [0.717, 1.165) is 22.9 Å². The molecule has 0 saturated carbocycles. The standard InChI is InChI=1S/C19H13F2N3/c20-16-7-6-15-14(8-9-22-19(15)18(16)21)10-24-11-17(23-12-24)13-4-2-1-3-5-13/h1-9,11-12H,10H2. The minimum absolute atomic E-state index is 0.0518. The molecule has 2 aromatic heterocycles. The highest BCUT2D eigenvalue weighted by atomic mass is 19.2. The summed E-state index contributed by atoms with van der Waals surface area (Å²) in [6.45, 7) is 0.504. The molecule has 0 bridgehead atoms. The lowest BCUT2D eigenvalue weighted by atomic mass is 10.1. The number of nitrogens with zero attached hydrogens (tertiary/aromatic N) is 3. The van der Waals surface area contributed by atoms with Gasteiger partial charge in [0.1, 0.15) is 5.52 Å². The van der Waals surface area contributed by atoms with E-state index in [1.54, 1.807) is 12.4 Å². The summed E-state index contributed by atoms with van der Waals surface area (Å²) in [5, 5.41) is 0.603. The molecular weight excluding hydrogens is 308 g/mol. The van der Waals surface area contributed by atoms with Crippen LogP contribution in [0.2, 0.25) is 0 Å². The Morgan fingerprint density at radius 1 is 0.917 bits per heavy atom. The maximum Gasteiger partial charge on any atom is 0.184 e. The van der Waals surface area contributed by atoms with Crippen molar-refractivity contribution in [2.24, 2.45) is 0 Å². The summed E-state index contributed by atoms with van der Waals surface area (Å²) < 4.78 is 29.2. The van der Waals surface area contributed by atoms with E-state index < -0.39 is 11.6 Å². The van der Waals surface area contributed by atoms with Gasteiger partial charge in [-0.25, -0.2) is 13.8 Å². The second-order valence-corrected chi connectivity index (χ2v) is 5.52. The molecule has 4 rings (SSSR count). The fraction of sp³-hybridized carbons (Fsp3) is 0.0526. The fourth-order valence-electron chi connectivity index (χ4n) is 2.76. The first-order valence-electron chi connectivity index (χ1n) is 7.51. The topological polar surface area (TPSA) is 30.7 Å². The van der Waals surface area contributed by atoms with E-state index in [1.165, 1.54) is 6.20 Å². The Morgan fingerprint density at radius 3 is 2.58 bits per heavy atom. The van der Waals surface area contributed by atoms with E-state index >= 15 is 0 Å². The van der Waals surface area contributed by atoms with E-state index in [9.17, 15) is 8.78 Å². The number of benzene rings is 2. The first-order valence-corrected chi connectivity index (χ1v) is 7.51.